The van der Waals surface area contributed by atoms with Crippen LogP contribution < -0.4 is 15.0 Å². The number of fused-ring (bicyclic) bond motifs is 5. The second-order valence-electron chi connectivity index (χ2n) is 5.94. The molecule has 0 saturated heterocycles. The van der Waals surface area contributed by atoms with E-state index in [9.17, 15) is 4.79 Å². The second-order valence-corrected chi connectivity index (χ2v) is 5.94. The number of rotatable bonds is 2. The van der Waals surface area contributed by atoms with Crippen molar-refractivity contribution in [2.75, 3.05) is 14.2 Å². The number of pyridine rings is 2. The Morgan fingerprint density at radius 3 is 2.56 bits per heavy atom. The van der Waals surface area contributed by atoms with Crippen molar-refractivity contribution in [2.45, 2.75) is 0 Å². The lowest BCUT2D eigenvalue weighted by Gasteiger charge is -2.12. The standard InChI is InChI=1S/C20H14N2O3/c1-24-15-8-7-13-16(19(15)25-2)20(23)22-14-6-4-3-5-11(14)12-9-10-21-17(13)18(12)22/h3-10H,1-2H3. The Morgan fingerprint density at radius 2 is 1.76 bits per heavy atom. The van der Waals surface area contributed by atoms with Gasteiger partial charge in [-0.1, -0.05) is 18.2 Å². The molecule has 0 aliphatic carbocycles. The highest BCUT2D eigenvalue weighted by molar-refractivity contribution is 6.19. The smallest absolute Gasteiger partial charge is 0.267 e. The van der Waals surface area contributed by atoms with E-state index in [1.807, 2.05) is 42.5 Å². The molecule has 3 aromatic heterocycles. The predicted molar refractivity (Wildman–Crippen MR) is 98.3 cm³/mol. The third kappa shape index (κ3) is 1.62. The van der Waals surface area contributed by atoms with E-state index in [-0.39, 0.29) is 5.56 Å². The van der Waals surface area contributed by atoms with Gasteiger partial charge in [-0.05, 0) is 24.3 Å². The van der Waals surface area contributed by atoms with Gasteiger partial charge in [-0.3, -0.25) is 14.2 Å². The highest BCUT2D eigenvalue weighted by atomic mass is 16.5. The van der Waals surface area contributed by atoms with Crippen LogP contribution in [0, 0.1) is 0 Å². The minimum Gasteiger partial charge on any atom is -0.493 e. The maximum absolute atomic E-state index is 13.4. The van der Waals surface area contributed by atoms with Gasteiger partial charge in [0.1, 0.15) is 0 Å². The molecule has 5 heteroatoms. The fraction of sp³-hybridized carbons (Fsp3) is 0.100. The Labute approximate surface area is 142 Å². The lowest BCUT2D eigenvalue weighted by molar-refractivity contribution is 0.358. The van der Waals surface area contributed by atoms with Crippen LogP contribution in [0.25, 0.3) is 38.1 Å². The minimum atomic E-state index is -0.127. The number of aromatic nitrogens is 2. The van der Waals surface area contributed by atoms with E-state index in [0.29, 0.717) is 16.9 Å². The third-order valence-corrected chi connectivity index (χ3v) is 4.80. The summed E-state index contributed by atoms with van der Waals surface area (Å²) in [5.74, 6) is 0.967. The van der Waals surface area contributed by atoms with Crippen LogP contribution in [0.4, 0.5) is 0 Å². The molecule has 0 aliphatic heterocycles. The molecule has 5 rings (SSSR count). The molecule has 25 heavy (non-hydrogen) atoms. The summed E-state index contributed by atoms with van der Waals surface area (Å²) in [7, 11) is 3.11. The summed E-state index contributed by atoms with van der Waals surface area (Å²) in [5.41, 5.74) is 2.36. The molecule has 0 saturated carbocycles. The molecular formula is C20H14N2O3. The van der Waals surface area contributed by atoms with Crippen molar-refractivity contribution in [3.63, 3.8) is 0 Å². The van der Waals surface area contributed by atoms with Crippen molar-refractivity contribution in [2.24, 2.45) is 0 Å². The fourth-order valence-electron chi connectivity index (χ4n) is 3.77. The van der Waals surface area contributed by atoms with Crippen molar-refractivity contribution in [3.05, 3.63) is 59.0 Å². The maximum Gasteiger partial charge on any atom is 0.267 e. The van der Waals surface area contributed by atoms with Gasteiger partial charge < -0.3 is 9.47 Å². The zero-order chi connectivity index (χ0) is 17.1. The predicted octanol–water partition coefficient (Wildman–Crippen LogP) is 3.61. The molecule has 0 unspecified atom stereocenters. The highest BCUT2D eigenvalue weighted by Gasteiger charge is 2.21. The number of hydrogen-bond donors (Lipinski definition) is 0. The molecule has 3 heterocycles. The molecule has 0 amide bonds. The van der Waals surface area contributed by atoms with E-state index >= 15 is 0 Å². The molecule has 0 radical (unpaired) electrons. The molecule has 5 nitrogen and oxygen atoms in total. The first-order valence-electron chi connectivity index (χ1n) is 7.94. The summed E-state index contributed by atoms with van der Waals surface area (Å²) in [5, 5.41) is 3.31. The van der Waals surface area contributed by atoms with E-state index in [4.69, 9.17) is 9.47 Å². The quantitative estimate of drug-likeness (QED) is 0.464. The Kier molecular flexibility index (Phi) is 2.71. The second kappa shape index (κ2) is 4.83. The van der Waals surface area contributed by atoms with E-state index in [1.54, 1.807) is 24.8 Å². The molecule has 0 spiro atoms. The lowest BCUT2D eigenvalue weighted by Crippen LogP contribution is -2.14. The molecule has 0 N–H and O–H groups in total. The Hall–Kier alpha value is -3.34. The van der Waals surface area contributed by atoms with Gasteiger partial charge in [-0.15, -0.1) is 0 Å². The molecule has 0 bridgehead atoms. The summed E-state index contributed by atoms with van der Waals surface area (Å²) in [4.78, 5) is 18.0. The summed E-state index contributed by atoms with van der Waals surface area (Å²) in [6, 6.07) is 13.5. The molecule has 0 fully saturated rings. The SMILES string of the molecule is COc1ccc2c(c1OC)c(=O)n1c3ccccc3c3ccnc2c31. The Bertz CT molecular complexity index is 1340. The van der Waals surface area contributed by atoms with Crippen LogP contribution in [0.5, 0.6) is 11.5 Å². The first-order chi connectivity index (χ1) is 12.3. The number of para-hydroxylation sites is 1. The first kappa shape index (κ1) is 14.0. The van der Waals surface area contributed by atoms with Crippen molar-refractivity contribution < 1.29 is 9.47 Å². The van der Waals surface area contributed by atoms with Crippen LogP contribution >= 0.6 is 0 Å². The van der Waals surface area contributed by atoms with E-state index in [2.05, 4.69) is 4.98 Å². The number of hydrogen-bond acceptors (Lipinski definition) is 4. The number of ether oxygens (including phenoxy) is 2. The van der Waals surface area contributed by atoms with E-state index < -0.39 is 0 Å². The van der Waals surface area contributed by atoms with E-state index in [0.717, 1.165) is 32.7 Å². The average Bonchev–Trinajstić information content (AvgIpc) is 3.00. The van der Waals surface area contributed by atoms with Gasteiger partial charge in [0.2, 0.25) is 0 Å². The van der Waals surface area contributed by atoms with Gasteiger partial charge in [-0.25, -0.2) is 0 Å². The molecule has 2 aromatic carbocycles. The minimum absolute atomic E-state index is 0.127. The summed E-state index contributed by atoms with van der Waals surface area (Å²) in [6.45, 7) is 0. The van der Waals surface area contributed by atoms with Crippen LogP contribution in [0.2, 0.25) is 0 Å². The monoisotopic (exact) mass is 330 g/mol. The van der Waals surface area contributed by atoms with Crippen LogP contribution in [-0.2, 0) is 0 Å². The Morgan fingerprint density at radius 1 is 0.920 bits per heavy atom. The topological polar surface area (TPSA) is 52.8 Å². The van der Waals surface area contributed by atoms with Crippen molar-refractivity contribution in [1.82, 2.24) is 9.38 Å². The zero-order valence-corrected chi connectivity index (χ0v) is 13.7. The number of nitrogens with zero attached hydrogens (tertiary/aromatic N) is 2. The van der Waals surface area contributed by atoms with Gasteiger partial charge in [-0.2, -0.15) is 0 Å². The molecule has 0 aliphatic rings. The normalized spacial score (nSPS) is 11.8. The first-order valence-corrected chi connectivity index (χ1v) is 7.94. The highest BCUT2D eigenvalue weighted by Crippen LogP contribution is 2.38. The largest absolute Gasteiger partial charge is 0.493 e. The average molecular weight is 330 g/mol. The van der Waals surface area contributed by atoms with Crippen LogP contribution in [0.3, 0.4) is 0 Å². The van der Waals surface area contributed by atoms with Gasteiger partial charge >= 0.3 is 0 Å². The van der Waals surface area contributed by atoms with Gasteiger partial charge in [0, 0.05) is 22.4 Å². The van der Waals surface area contributed by atoms with Crippen molar-refractivity contribution in [3.8, 4) is 11.5 Å². The molecule has 122 valence electrons. The zero-order valence-electron chi connectivity index (χ0n) is 13.7. The number of methoxy groups -OCH3 is 2. The third-order valence-electron chi connectivity index (χ3n) is 4.80. The van der Waals surface area contributed by atoms with Crippen molar-refractivity contribution in [1.29, 1.82) is 0 Å². The summed E-state index contributed by atoms with van der Waals surface area (Å²) in [6.07, 6.45) is 1.78. The van der Waals surface area contributed by atoms with Crippen LogP contribution in [0.15, 0.2) is 53.5 Å². The van der Waals surface area contributed by atoms with Crippen LogP contribution in [-0.4, -0.2) is 23.6 Å². The van der Waals surface area contributed by atoms with E-state index in [1.165, 1.54) is 0 Å². The molecule has 0 atom stereocenters. The van der Waals surface area contributed by atoms with Gasteiger partial charge in [0.25, 0.3) is 5.56 Å². The van der Waals surface area contributed by atoms with Gasteiger partial charge in [0.05, 0.1) is 36.2 Å². The van der Waals surface area contributed by atoms with Crippen LogP contribution in [0.1, 0.15) is 0 Å². The Balaban J connectivity index is 2.21. The fourth-order valence-corrected chi connectivity index (χ4v) is 3.77. The lowest BCUT2D eigenvalue weighted by atomic mass is 10.1. The molecule has 5 aromatic rings. The van der Waals surface area contributed by atoms with Gasteiger partial charge in [0.15, 0.2) is 11.5 Å². The summed E-state index contributed by atoms with van der Waals surface area (Å²) >= 11 is 0. The van der Waals surface area contributed by atoms with Crippen molar-refractivity contribution >= 4 is 38.1 Å². The maximum atomic E-state index is 13.4. The summed E-state index contributed by atoms with van der Waals surface area (Å²) < 4.78 is 12.6. The number of benzene rings is 2. The molecular weight excluding hydrogens is 316 g/mol.